The molecule has 2 aliphatic rings. The number of hydrogen-bond donors (Lipinski definition) is 0. The number of thioether (sulfide) groups is 1. The van der Waals surface area contributed by atoms with Gasteiger partial charge < -0.3 is 8.98 Å². The first-order valence-electron chi connectivity index (χ1n) is 9.22. The summed E-state index contributed by atoms with van der Waals surface area (Å²) in [7, 11) is 0. The van der Waals surface area contributed by atoms with E-state index in [0.717, 1.165) is 21.7 Å². The van der Waals surface area contributed by atoms with Crippen molar-refractivity contribution in [2.45, 2.75) is 62.4 Å². The summed E-state index contributed by atoms with van der Waals surface area (Å²) in [5, 5.41) is 10.9. The topological polar surface area (TPSA) is 60.9 Å². The van der Waals surface area contributed by atoms with Crippen molar-refractivity contribution >= 4 is 22.7 Å². The maximum absolute atomic E-state index is 12.0. The third kappa shape index (κ3) is 2.86. The molecule has 26 heavy (non-hydrogen) atoms. The van der Waals surface area contributed by atoms with E-state index >= 15 is 0 Å². The van der Waals surface area contributed by atoms with E-state index in [-0.39, 0.29) is 5.63 Å². The van der Waals surface area contributed by atoms with Crippen LogP contribution in [0, 0.1) is 13.8 Å². The number of fused-ring (bicyclic) bond motifs is 1. The van der Waals surface area contributed by atoms with Crippen LogP contribution in [0.5, 0.6) is 0 Å². The fourth-order valence-corrected chi connectivity index (χ4v) is 4.43. The van der Waals surface area contributed by atoms with Crippen LogP contribution in [0.3, 0.4) is 0 Å². The van der Waals surface area contributed by atoms with Gasteiger partial charge in [0, 0.05) is 29.2 Å². The number of hydrogen-bond acceptors (Lipinski definition) is 5. The van der Waals surface area contributed by atoms with Crippen LogP contribution < -0.4 is 5.63 Å². The van der Waals surface area contributed by atoms with Gasteiger partial charge in [-0.15, -0.1) is 10.2 Å². The van der Waals surface area contributed by atoms with Crippen LogP contribution in [-0.4, -0.2) is 14.8 Å². The Labute approximate surface area is 155 Å². The minimum atomic E-state index is -0.293. The van der Waals surface area contributed by atoms with Crippen LogP contribution in [0.15, 0.2) is 32.6 Å². The lowest BCUT2D eigenvalue weighted by molar-refractivity contribution is 0.559. The predicted octanol–water partition coefficient (Wildman–Crippen LogP) is 4.51. The van der Waals surface area contributed by atoms with Gasteiger partial charge in [-0.25, -0.2) is 4.79 Å². The van der Waals surface area contributed by atoms with Crippen LogP contribution in [0.1, 0.15) is 60.2 Å². The van der Waals surface area contributed by atoms with Gasteiger partial charge in [0.15, 0.2) is 5.16 Å². The second-order valence-electron chi connectivity index (χ2n) is 7.53. The van der Waals surface area contributed by atoms with Gasteiger partial charge in [0.05, 0.1) is 0 Å². The summed E-state index contributed by atoms with van der Waals surface area (Å²) in [6.45, 7) is 4.12. The quantitative estimate of drug-likeness (QED) is 0.491. The molecule has 3 aromatic rings. The maximum atomic E-state index is 12.0. The van der Waals surface area contributed by atoms with E-state index in [4.69, 9.17) is 4.42 Å². The lowest BCUT2D eigenvalue weighted by atomic mass is 10.0. The molecule has 5 rings (SSSR count). The van der Waals surface area contributed by atoms with Gasteiger partial charge in [-0.05, 0) is 68.4 Å². The minimum Gasteiger partial charge on any atom is -0.423 e. The summed E-state index contributed by atoms with van der Waals surface area (Å²) in [4.78, 5) is 12.0. The van der Waals surface area contributed by atoms with Crippen LogP contribution in [0.4, 0.5) is 0 Å². The highest BCUT2D eigenvalue weighted by Crippen LogP contribution is 2.46. The van der Waals surface area contributed by atoms with E-state index < -0.39 is 0 Å². The first-order valence-corrected chi connectivity index (χ1v) is 10.2. The molecule has 2 fully saturated rings. The van der Waals surface area contributed by atoms with E-state index in [9.17, 15) is 4.79 Å². The van der Waals surface area contributed by atoms with Crippen molar-refractivity contribution in [2.24, 2.45) is 0 Å². The summed E-state index contributed by atoms with van der Waals surface area (Å²) in [6, 6.07) is 6.26. The van der Waals surface area contributed by atoms with Gasteiger partial charge in [0.2, 0.25) is 0 Å². The van der Waals surface area contributed by atoms with Crippen molar-refractivity contribution in [2.75, 3.05) is 0 Å². The van der Waals surface area contributed by atoms with Crippen LogP contribution in [0.2, 0.25) is 0 Å². The summed E-state index contributed by atoms with van der Waals surface area (Å²) < 4.78 is 7.76. The molecule has 2 aliphatic carbocycles. The number of nitrogens with zero attached hydrogens (tertiary/aromatic N) is 3. The number of benzene rings is 1. The van der Waals surface area contributed by atoms with Gasteiger partial charge in [-0.1, -0.05) is 11.8 Å². The largest absolute Gasteiger partial charge is 0.423 e. The molecule has 0 radical (unpaired) electrons. The summed E-state index contributed by atoms with van der Waals surface area (Å²) in [5.74, 6) is 2.46. The molecule has 2 aromatic heterocycles. The van der Waals surface area contributed by atoms with E-state index in [2.05, 4.69) is 27.8 Å². The van der Waals surface area contributed by atoms with Crippen molar-refractivity contribution in [1.29, 1.82) is 0 Å². The van der Waals surface area contributed by atoms with Crippen molar-refractivity contribution in [1.82, 2.24) is 14.8 Å². The summed E-state index contributed by atoms with van der Waals surface area (Å²) in [5.41, 5.74) is 3.71. The van der Waals surface area contributed by atoms with E-state index in [1.807, 2.05) is 13.0 Å². The van der Waals surface area contributed by atoms with Crippen molar-refractivity contribution in [3.05, 3.63) is 51.1 Å². The highest BCUT2D eigenvalue weighted by molar-refractivity contribution is 7.98. The normalized spacial score (nSPS) is 17.2. The SMILES string of the molecule is Cc1cc2oc(=O)cc(CSc3nnc(C4CC4)n3C3CC3)c2cc1C. The molecule has 2 heterocycles. The van der Waals surface area contributed by atoms with Crippen LogP contribution in [-0.2, 0) is 5.75 Å². The first-order chi connectivity index (χ1) is 12.6. The third-order valence-electron chi connectivity index (χ3n) is 5.35. The Morgan fingerprint density at radius 3 is 2.62 bits per heavy atom. The van der Waals surface area contributed by atoms with Gasteiger partial charge in [-0.2, -0.15) is 0 Å². The fourth-order valence-electron chi connectivity index (χ4n) is 3.43. The third-order valence-corrected chi connectivity index (χ3v) is 6.34. The molecule has 6 heteroatoms. The van der Waals surface area contributed by atoms with E-state index in [1.165, 1.54) is 37.1 Å². The molecular weight excluding hydrogens is 346 g/mol. The van der Waals surface area contributed by atoms with E-state index in [1.54, 1.807) is 17.8 Å². The molecule has 0 aliphatic heterocycles. The highest BCUT2D eigenvalue weighted by atomic mass is 32.2. The Balaban J connectivity index is 1.49. The molecule has 0 amide bonds. The zero-order chi connectivity index (χ0) is 17.8. The monoisotopic (exact) mass is 367 g/mol. The average molecular weight is 367 g/mol. The van der Waals surface area contributed by atoms with Gasteiger partial charge in [-0.3, -0.25) is 0 Å². The molecule has 2 saturated carbocycles. The molecule has 134 valence electrons. The Bertz CT molecular complexity index is 1060. The van der Waals surface area contributed by atoms with Gasteiger partial charge >= 0.3 is 5.63 Å². The second kappa shape index (κ2) is 5.98. The van der Waals surface area contributed by atoms with E-state index in [0.29, 0.717) is 23.3 Å². The molecule has 0 unspecified atom stereocenters. The van der Waals surface area contributed by atoms with Crippen molar-refractivity contribution < 1.29 is 4.42 Å². The molecular formula is C20H21N3O2S. The lowest BCUT2D eigenvalue weighted by Gasteiger charge is -2.10. The molecule has 0 bridgehead atoms. The van der Waals surface area contributed by atoms with Crippen LogP contribution in [0.25, 0.3) is 11.0 Å². The minimum absolute atomic E-state index is 0.293. The second-order valence-corrected chi connectivity index (χ2v) is 8.47. The van der Waals surface area contributed by atoms with Crippen molar-refractivity contribution in [3.63, 3.8) is 0 Å². The smallest absolute Gasteiger partial charge is 0.336 e. The number of rotatable bonds is 5. The zero-order valence-corrected chi connectivity index (χ0v) is 15.8. The summed E-state index contributed by atoms with van der Waals surface area (Å²) >= 11 is 1.68. The molecule has 0 atom stereocenters. The highest BCUT2D eigenvalue weighted by Gasteiger charge is 2.36. The fraction of sp³-hybridized carbons (Fsp3) is 0.450. The molecule has 0 saturated heterocycles. The summed E-state index contributed by atoms with van der Waals surface area (Å²) in [6.07, 6.45) is 4.92. The Morgan fingerprint density at radius 2 is 1.88 bits per heavy atom. The Hall–Kier alpha value is -2.08. The molecule has 0 spiro atoms. The standard InChI is InChI=1S/C20H21N3O2S/c1-11-7-16-14(9-18(24)25-17(16)8-12(11)2)10-26-20-22-21-19(13-3-4-13)23(20)15-5-6-15/h7-9,13,15H,3-6,10H2,1-2H3. The Morgan fingerprint density at radius 1 is 1.12 bits per heavy atom. The zero-order valence-electron chi connectivity index (χ0n) is 15.0. The number of aryl methyl sites for hydroxylation is 2. The van der Waals surface area contributed by atoms with Crippen molar-refractivity contribution in [3.8, 4) is 0 Å². The first kappa shape index (κ1) is 16.1. The van der Waals surface area contributed by atoms with Gasteiger partial charge in [0.1, 0.15) is 11.4 Å². The molecule has 0 N–H and O–H groups in total. The van der Waals surface area contributed by atoms with Gasteiger partial charge in [0.25, 0.3) is 0 Å². The predicted molar refractivity (Wildman–Crippen MR) is 102 cm³/mol. The molecule has 1 aromatic carbocycles. The maximum Gasteiger partial charge on any atom is 0.336 e. The molecule has 5 nitrogen and oxygen atoms in total. The lowest BCUT2D eigenvalue weighted by Crippen LogP contribution is -2.03. The van der Waals surface area contributed by atoms with Crippen LogP contribution >= 0.6 is 11.8 Å². The Kier molecular flexibility index (Phi) is 3.71. The number of aromatic nitrogens is 3. The average Bonchev–Trinajstić information content (AvgIpc) is 3.53.